The first-order valence-electron chi connectivity index (χ1n) is 5.63. The smallest absolute Gasteiger partial charge is 0.315 e. The number of halogens is 2. The molecule has 1 aliphatic rings. The highest BCUT2D eigenvalue weighted by molar-refractivity contribution is 6.35. The second-order valence-electron chi connectivity index (χ2n) is 4.16. The maximum absolute atomic E-state index is 11.3. The summed E-state index contributed by atoms with van der Waals surface area (Å²) in [6.45, 7) is 0.569. The van der Waals surface area contributed by atoms with Gasteiger partial charge in [-0.05, 0) is 37.0 Å². The summed E-state index contributed by atoms with van der Waals surface area (Å²) in [7, 11) is 0. The number of urea groups is 1. The van der Waals surface area contributed by atoms with E-state index in [1.807, 2.05) is 6.07 Å². The van der Waals surface area contributed by atoms with E-state index in [1.165, 1.54) is 0 Å². The van der Waals surface area contributed by atoms with Crippen LogP contribution < -0.4 is 10.6 Å². The number of carbonyl (C=O) groups excluding carboxylic acids is 1. The van der Waals surface area contributed by atoms with E-state index in [9.17, 15) is 4.79 Å². The third-order valence-electron chi connectivity index (χ3n) is 2.61. The van der Waals surface area contributed by atoms with Crippen molar-refractivity contribution in [3.63, 3.8) is 0 Å². The fraction of sp³-hybridized carbons (Fsp3) is 0.417. The summed E-state index contributed by atoms with van der Waals surface area (Å²) in [6, 6.07) is 5.67. The summed E-state index contributed by atoms with van der Waals surface area (Å²) in [4.78, 5) is 11.3. The van der Waals surface area contributed by atoms with Gasteiger partial charge in [0.15, 0.2) is 0 Å². The van der Waals surface area contributed by atoms with Crippen LogP contribution in [0.25, 0.3) is 0 Å². The molecule has 0 bridgehead atoms. The third kappa shape index (κ3) is 4.10. The van der Waals surface area contributed by atoms with Gasteiger partial charge < -0.3 is 10.6 Å². The van der Waals surface area contributed by atoms with Gasteiger partial charge in [0, 0.05) is 22.6 Å². The maximum atomic E-state index is 11.3. The minimum absolute atomic E-state index is 0.0995. The van der Waals surface area contributed by atoms with E-state index in [0.29, 0.717) is 29.1 Å². The van der Waals surface area contributed by atoms with E-state index in [2.05, 4.69) is 10.6 Å². The fourth-order valence-corrected chi connectivity index (χ4v) is 2.00. The van der Waals surface area contributed by atoms with Gasteiger partial charge in [0.05, 0.1) is 0 Å². The first-order chi connectivity index (χ1) is 8.15. The van der Waals surface area contributed by atoms with Gasteiger partial charge in [0.2, 0.25) is 0 Å². The molecule has 1 fully saturated rings. The van der Waals surface area contributed by atoms with E-state index in [4.69, 9.17) is 23.2 Å². The molecule has 17 heavy (non-hydrogen) atoms. The molecule has 0 unspecified atom stereocenters. The molecule has 0 radical (unpaired) electrons. The van der Waals surface area contributed by atoms with Gasteiger partial charge in [-0.25, -0.2) is 4.79 Å². The molecule has 0 aliphatic heterocycles. The van der Waals surface area contributed by atoms with Crippen molar-refractivity contribution in [3.05, 3.63) is 33.8 Å². The summed E-state index contributed by atoms with van der Waals surface area (Å²) >= 11 is 11.8. The quantitative estimate of drug-likeness (QED) is 0.870. The van der Waals surface area contributed by atoms with Crippen molar-refractivity contribution in [2.45, 2.75) is 25.3 Å². The first-order valence-corrected chi connectivity index (χ1v) is 6.39. The molecule has 1 aromatic rings. The van der Waals surface area contributed by atoms with Crippen molar-refractivity contribution in [1.29, 1.82) is 0 Å². The Labute approximate surface area is 110 Å². The molecule has 92 valence electrons. The zero-order valence-electron chi connectivity index (χ0n) is 9.30. The fourth-order valence-electron chi connectivity index (χ4n) is 1.50. The molecule has 1 aliphatic carbocycles. The van der Waals surface area contributed by atoms with Crippen LogP contribution in [-0.2, 0) is 6.42 Å². The SMILES string of the molecule is O=C(NCCc1ccc(Cl)cc1Cl)NC1CC1. The lowest BCUT2D eigenvalue weighted by atomic mass is 10.1. The van der Waals surface area contributed by atoms with E-state index in [-0.39, 0.29) is 6.03 Å². The Kier molecular flexibility index (Phi) is 4.13. The van der Waals surface area contributed by atoms with Crippen molar-refractivity contribution in [2.24, 2.45) is 0 Å². The Morgan fingerprint density at radius 1 is 1.35 bits per heavy atom. The monoisotopic (exact) mass is 272 g/mol. The zero-order chi connectivity index (χ0) is 12.3. The van der Waals surface area contributed by atoms with Crippen LogP contribution in [0.2, 0.25) is 10.0 Å². The van der Waals surface area contributed by atoms with Gasteiger partial charge >= 0.3 is 6.03 Å². The highest BCUT2D eigenvalue weighted by Crippen LogP contribution is 2.21. The Balaban J connectivity index is 1.75. The summed E-state index contributed by atoms with van der Waals surface area (Å²) in [5, 5.41) is 6.93. The van der Waals surface area contributed by atoms with Gasteiger partial charge in [0.25, 0.3) is 0 Å². The highest BCUT2D eigenvalue weighted by atomic mass is 35.5. The molecular weight excluding hydrogens is 259 g/mol. The van der Waals surface area contributed by atoms with Crippen LogP contribution in [-0.4, -0.2) is 18.6 Å². The second kappa shape index (κ2) is 5.61. The Hall–Kier alpha value is -0.930. The van der Waals surface area contributed by atoms with E-state index in [0.717, 1.165) is 18.4 Å². The van der Waals surface area contributed by atoms with Crippen LogP contribution in [0.1, 0.15) is 18.4 Å². The third-order valence-corrected chi connectivity index (χ3v) is 3.19. The Bertz CT molecular complexity index is 419. The summed E-state index contributed by atoms with van der Waals surface area (Å²) in [6.07, 6.45) is 2.89. The van der Waals surface area contributed by atoms with Gasteiger partial charge in [-0.15, -0.1) is 0 Å². The van der Waals surface area contributed by atoms with Crippen LogP contribution in [0.3, 0.4) is 0 Å². The van der Waals surface area contributed by atoms with Crippen molar-refractivity contribution in [1.82, 2.24) is 10.6 Å². The summed E-state index contributed by atoms with van der Waals surface area (Å²) < 4.78 is 0. The topological polar surface area (TPSA) is 41.1 Å². The van der Waals surface area contributed by atoms with E-state index >= 15 is 0 Å². The molecule has 0 aromatic heterocycles. The average molecular weight is 273 g/mol. The van der Waals surface area contributed by atoms with Crippen LogP contribution in [0.5, 0.6) is 0 Å². The summed E-state index contributed by atoms with van der Waals surface area (Å²) in [5.41, 5.74) is 0.989. The van der Waals surface area contributed by atoms with Gasteiger partial charge in [-0.3, -0.25) is 0 Å². The molecule has 2 amide bonds. The maximum Gasteiger partial charge on any atom is 0.315 e. The number of amides is 2. The number of hydrogen-bond acceptors (Lipinski definition) is 1. The molecule has 0 spiro atoms. The van der Waals surface area contributed by atoms with Gasteiger partial charge in [0.1, 0.15) is 0 Å². The lowest BCUT2D eigenvalue weighted by Gasteiger charge is -2.07. The number of carbonyl (C=O) groups is 1. The van der Waals surface area contributed by atoms with E-state index in [1.54, 1.807) is 12.1 Å². The number of nitrogens with one attached hydrogen (secondary N) is 2. The molecule has 2 N–H and O–H groups in total. The minimum Gasteiger partial charge on any atom is -0.338 e. The molecule has 0 atom stereocenters. The summed E-state index contributed by atoms with van der Waals surface area (Å²) in [5.74, 6) is 0. The molecule has 1 saturated carbocycles. The molecule has 0 heterocycles. The van der Waals surface area contributed by atoms with Crippen LogP contribution >= 0.6 is 23.2 Å². The number of hydrogen-bond donors (Lipinski definition) is 2. The zero-order valence-corrected chi connectivity index (χ0v) is 10.8. The van der Waals surface area contributed by atoms with E-state index < -0.39 is 0 Å². The van der Waals surface area contributed by atoms with Gasteiger partial charge in [-0.1, -0.05) is 29.3 Å². The van der Waals surface area contributed by atoms with Crippen molar-refractivity contribution >= 4 is 29.2 Å². The van der Waals surface area contributed by atoms with Crippen LogP contribution in [0, 0.1) is 0 Å². The first kappa shape index (κ1) is 12.5. The van der Waals surface area contributed by atoms with Crippen molar-refractivity contribution in [3.8, 4) is 0 Å². The average Bonchev–Trinajstić information content (AvgIpc) is 3.05. The Morgan fingerprint density at radius 3 is 2.76 bits per heavy atom. The largest absolute Gasteiger partial charge is 0.338 e. The van der Waals surface area contributed by atoms with Crippen LogP contribution in [0.4, 0.5) is 4.79 Å². The van der Waals surface area contributed by atoms with Crippen molar-refractivity contribution < 1.29 is 4.79 Å². The second-order valence-corrected chi connectivity index (χ2v) is 5.00. The van der Waals surface area contributed by atoms with Crippen molar-refractivity contribution in [2.75, 3.05) is 6.54 Å². The predicted molar refractivity (Wildman–Crippen MR) is 69.7 cm³/mol. The molecule has 1 aromatic carbocycles. The molecule has 3 nitrogen and oxygen atoms in total. The molecule has 2 rings (SSSR count). The minimum atomic E-state index is -0.0995. The molecule has 5 heteroatoms. The Morgan fingerprint density at radius 2 is 2.12 bits per heavy atom. The van der Waals surface area contributed by atoms with Gasteiger partial charge in [-0.2, -0.15) is 0 Å². The standard InChI is InChI=1S/C12H14Cl2N2O/c13-9-2-1-8(11(14)7-9)5-6-15-12(17)16-10-3-4-10/h1-2,7,10H,3-6H2,(H2,15,16,17). The van der Waals surface area contributed by atoms with Crippen LogP contribution in [0.15, 0.2) is 18.2 Å². The predicted octanol–water partition coefficient (Wildman–Crippen LogP) is 3.00. The normalized spacial score (nSPS) is 14.5. The highest BCUT2D eigenvalue weighted by Gasteiger charge is 2.22. The molecular formula is C12H14Cl2N2O. The molecule has 0 saturated heterocycles. The number of benzene rings is 1. The number of rotatable bonds is 4. The lowest BCUT2D eigenvalue weighted by Crippen LogP contribution is -2.37. The lowest BCUT2D eigenvalue weighted by molar-refractivity contribution is 0.240.